The lowest BCUT2D eigenvalue weighted by molar-refractivity contribution is -0.140. The van der Waals surface area contributed by atoms with Crippen molar-refractivity contribution in [3.63, 3.8) is 0 Å². The number of sulfone groups is 1. The van der Waals surface area contributed by atoms with Crippen LogP contribution in [0.25, 0.3) is 0 Å². The summed E-state index contributed by atoms with van der Waals surface area (Å²) in [7, 11) is -2.73. The Morgan fingerprint density at radius 2 is 2.11 bits per heavy atom. The summed E-state index contributed by atoms with van der Waals surface area (Å²) < 4.78 is 42.2. The first-order valence-electron chi connectivity index (χ1n) is 5.54. The van der Waals surface area contributed by atoms with Gasteiger partial charge in [0, 0.05) is 0 Å². The predicted octanol–water partition coefficient (Wildman–Crippen LogP) is 1.55. The minimum Gasteiger partial charge on any atom is -0.468 e. The number of carbonyl (C=O) groups excluding carboxylic acids is 1. The molecule has 4 nitrogen and oxygen atoms in total. The molecule has 1 aliphatic rings. The maximum atomic E-state index is 13.1. The van der Waals surface area contributed by atoms with E-state index in [4.69, 9.17) is 0 Å². The van der Waals surface area contributed by atoms with Crippen LogP contribution in [0.2, 0.25) is 0 Å². The molecule has 1 aromatic carbocycles. The van der Waals surface area contributed by atoms with E-state index in [2.05, 4.69) is 4.74 Å². The number of ether oxygens (including phenoxy) is 1. The van der Waals surface area contributed by atoms with Gasteiger partial charge in [0.2, 0.25) is 0 Å². The van der Waals surface area contributed by atoms with Crippen LogP contribution in [0.3, 0.4) is 0 Å². The molecule has 0 heterocycles. The van der Waals surface area contributed by atoms with Gasteiger partial charge in [0.25, 0.3) is 0 Å². The largest absolute Gasteiger partial charge is 0.468 e. The smallest absolute Gasteiger partial charge is 0.324 e. The lowest BCUT2D eigenvalue weighted by Gasteiger charge is -2.14. The molecule has 0 radical (unpaired) electrons. The third kappa shape index (κ3) is 2.38. The van der Waals surface area contributed by atoms with Crippen LogP contribution >= 0.6 is 0 Å². The molecule has 0 saturated heterocycles. The van der Waals surface area contributed by atoms with Crippen LogP contribution in [-0.2, 0) is 19.4 Å². The van der Waals surface area contributed by atoms with Crippen LogP contribution in [0.4, 0.5) is 4.39 Å². The Bertz CT molecular complexity index is 563. The summed E-state index contributed by atoms with van der Waals surface area (Å²) in [4.78, 5) is 11.4. The van der Waals surface area contributed by atoms with E-state index in [1.54, 1.807) is 0 Å². The van der Waals surface area contributed by atoms with Crippen molar-refractivity contribution in [2.24, 2.45) is 5.92 Å². The van der Waals surface area contributed by atoms with Crippen molar-refractivity contribution in [1.82, 2.24) is 0 Å². The summed E-state index contributed by atoms with van der Waals surface area (Å²) in [6.07, 6.45) is 1.35. The molecule has 18 heavy (non-hydrogen) atoms. The number of rotatable bonds is 4. The second-order valence-electron chi connectivity index (χ2n) is 4.28. The number of hydrogen-bond acceptors (Lipinski definition) is 4. The molecule has 1 aromatic rings. The Balaban J connectivity index is 2.42. The minimum absolute atomic E-state index is 0.176. The van der Waals surface area contributed by atoms with Gasteiger partial charge in [-0.05, 0) is 37.0 Å². The zero-order chi connectivity index (χ0) is 13.3. The highest BCUT2D eigenvalue weighted by Crippen LogP contribution is 2.39. The van der Waals surface area contributed by atoms with Gasteiger partial charge in [-0.25, -0.2) is 12.8 Å². The standard InChI is InChI=1S/C12H13FO4S/c1-17-12(14)11(8-5-6-8)18(15,16)10-4-2-3-9(13)7-10/h2-4,7-8,11H,5-6H2,1H3. The molecule has 0 spiro atoms. The topological polar surface area (TPSA) is 60.4 Å². The van der Waals surface area contributed by atoms with E-state index < -0.39 is 26.9 Å². The van der Waals surface area contributed by atoms with Crippen LogP contribution in [0.1, 0.15) is 12.8 Å². The van der Waals surface area contributed by atoms with Crippen molar-refractivity contribution in [1.29, 1.82) is 0 Å². The van der Waals surface area contributed by atoms with Gasteiger partial charge in [-0.3, -0.25) is 4.79 Å². The summed E-state index contributed by atoms with van der Waals surface area (Å²) in [6.45, 7) is 0. The normalized spacial score (nSPS) is 17.2. The van der Waals surface area contributed by atoms with E-state index in [-0.39, 0.29) is 10.8 Å². The van der Waals surface area contributed by atoms with E-state index in [0.717, 1.165) is 19.2 Å². The maximum Gasteiger partial charge on any atom is 0.324 e. The van der Waals surface area contributed by atoms with Crippen LogP contribution < -0.4 is 0 Å². The maximum absolute atomic E-state index is 13.1. The first-order chi connectivity index (χ1) is 8.46. The highest BCUT2D eigenvalue weighted by atomic mass is 32.2. The monoisotopic (exact) mass is 272 g/mol. The van der Waals surface area contributed by atoms with Crippen molar-refractivity contribution in [2.45, 2.75) is 23.0 Å². The second kappa shape index (κ2) is 4.68. The number of halogens is 1. The number of methoxy groups -OCH3 is 1. The number of carbonyl (C=O) groups is 1. The third-order valence-corrected chi connectivity index (χ3v) is 5.10. The summed E-state index contributed by atoms with van der Waals surface area (Å²) >= 11 is 0. The molecule has 0 amide bonds. The third-order valence-electron chi connectivity index (χ3n) is 2.94. The van der Waals surface area contributed by atoms with E-state index in [0.29, 0.717) is 12.8 Å². The second-order valence-corrected chi connectivity index (χ2v) is 6.35. The molecule has 1 fully saturated rings. The first kappa shape index (κ1) is 13.0. The molecular formula is C12H13FO4S. The van der Waals surface area contributed by atoms with Crippen molar-refractivity contribution in [3.05, 3.63) is 30.1 Å². The molecule has 1 aliphatic carbocycles. The van der Waals surface area contributed by atoms with Gasteiger partial charge in [-0.1, -0.05) is 6.07 Å². The number of esters is 1. The Labute approximate surface area is 105 Å². The van der Waals surface area contributed by atoms with Gasteiger partial charge in [-0.15, -0.1) is 0 Å². The lowest BCUT2D eigenvalue weighted by Crippen LogP contribution is -2.33. The molecule has 1 saturated carbocycles. The van der Waals surface area contributed by atoms with Gasteiger partial charge in [0.1, 0.15) is 5.82 Å². The van der Waals surface area contributed by atoms with Crippen LogP contribution in [0.5, 0.6) is 0 Å². The van der Waals surface area contributed by atoms with E-state index >= 15 is 0 Å². The van der Waals surface area contributed by atoms with Gasteiger partial charge < -0.3 is 4.74 Å². The van der Waals surface area contributed by atoms with Gasteiger partial charge in [0.05, 0.1) is 12.0 Å². The SMILES string of the molecule is COC(=O)C(C1CC1)S(=O)(=O)c1cccc(F)c1. The lowest BCUT2D eigenvalue weighted by atomic mass is 10.3. The first-order valence-corrected chi connectivity index (χ1v) is 7.08. The molecule has 1 atom stereocenters. The fourth-order valence-corrected chi connectivity index (χ4v) is 3.84. The number of hydrogen-bond donors (Lipinski definition) is 0. The molecular weight excluding hydrogens is 259 g/mol. The molecule has 0 aromatic heterocycles. The van der Waals surface area contributed by atoms with E-state index in [1.807, 2.05) is 0 Å². The Hall–Kier alpha value is -1.43. The van der Waals surface area contributed by atoms with Gasteiger partial charge >= 0.3 is 5.97 Å². The summed E-state index contributed by atoms with van der Waals surface area (Å²) in [5, 5.41) is -1.22. The zero-order valence-corrected chi connectivity index (χ0v) is 10.6. The molecule has 1 unspecified atom stereocenters. The van der Waals surface area contributed by atoms with Crippen LogP contribution in [-0.4, -0.2) is 26.7 Å². The minimum atomic E-state index is -3.89. The predicted molar refractivity (Wildman–Crippen MR) is 62.1 cm³/mol. The summed E-state index contributed by atoms with van der Waals surface area (Å²) in [5.41, 5.74) is 0. The van der Waals surface area contributed by atoms with Crippen LogP contribution in [0.15, 0.2) is 29.2 Å². The molecule has 98 valence electrons. The van der Waals surface area contributed by atoms with E-state index in [9.17, 15) is 17.6 Å². The zero-order valence-electron chi connectivity index (χ0n) is 9.80. The fourth-order valence-electron chi connectivity index (χ4n) is 1.88. The molecule has 6 heteroatoms. The van der Waals surface area contributed by atoms with Crippen molar-refractivity contribution in [2.75, 3.05) is 7.11 Å². The quantitative estimate of drug-likeness (QED) is 0.780. The highest BCUT2D eigenvalue weighted by molar-refractivity contribution is 7.92. The average Bonchev–Trinajstić information content (AvgIpc) is 3.13. The highest BCUT2D eigenvalue weighted by Gasteiger charge is 2.46. The van der Waals surface area contributed by atoms with Gasteiger partial charge in [-0.2, -0.15) is 0 Å². The average molecular weight is 272 g/mol. The van der Waals surface area contributed by atoms with E-state index in [1.165, 1.54) is 12.1 Å². The van der Waals surface area contributed by atoms with Crippen molar-refractivity contribution < 1.29 is 22.3 Å². The summed E-state index contributed by atoms with van der Waals surface area (Å²) in [5.74, 6) is -1.64. The molecule has 0 aliphatic heterocycles. The molecule has 0 N–H and O–H groups in total. The fraction of sp³-hybridized carbons (Fsp3) is 0.417. The van der Waals surface area contributed by atoms with Crippen molar-refractivity contribution in [3.8, 4) is 0 Å². The number of benzene rings is 1. The van der Waals surface area contributed by atoms with Crippen LogP contribution in [0, 0.1) is 11.7 Å². The Morgan fingerprint density at radius 1 is 1.44 bits per heavy atom. The molecule has 0 bridgehead atoms. The Morgan fingerprint density at radius 3 is 2.61 bits per heavy atom. The van der Waals surface area contributed by atoms with Crippen molar-refractivity contribution >= 4 is 15.8 Å². The molecule has 2 rings (SSSR count). The summed E-state index contributed by atoms with van der Waals surface area (Å²) in [6, 6.07) is 4.68. The van der Waals surface area contributed by atoms with Gasteiger partial charge in [0.15, 0.2) is 15.1 Å². The Kier molecular flexibility index (Phi) is 3.38.